The number of amides is 1. The van der Waals surface area contributed by atoms with Crippen molar-refractivity contribution in [3.05, 3.63) is 10.6 Å². The smallest absolute Gasteiger partial charge is 0.330 e. The molecule has 4 nitrogen and oxygen atoms in total. The van der Waals surface area contributed by atoms with Crippen LogP contribution in [0.5, 0.6) is 0 Å². The Hall–Kier alpha value is -0.570. The molecule has 1 rings (SSSR count). The maximum Gasteiger partial charge on any atom is 0.427 e. The summed E-state index contributed by atoms with van der Waals surface area (Å²) in [6.45, 7) is 1.39. The second-order valence-electron chi connectivity index (χ2n) is 3.02. The van der Waals surface area contributed by atoms with Crippen LogP contribution in [0.2, 0.25) is 0 Å². The van der Waals surface area contributed by atoms with E-state index in [2.05, 4.69) is 10.3 Å². The molecule has 1 heterocycles. The van der Waals surface area contributed by atoms with E-state index in [0.717, 1.165) is 0 Å². The van der Waals surface area contributed by atoms with Gasteiger partial charge in [0, 0.05) is 13.0 Å². The number of hydrogen-bond acceptors (Lipinski definition) is 4. The van der Waals surface area contributed by atoms with Crippen molar-refractivity contribution in [1.29, 1.82) is 0 Å². The summed E-state index contributed by atoms with van der Waals surface area (Å²) >= 11 is 0.412. The first kappa shape index (κ1) is 19.8. The van der Waals surface area contributed by atoms with E-state index in [-0.39, 0.29) is 48.6 Å². The molecular formula is C8H12Cl2F3N3OS. The van der Waals surface area contributed by atoms with Crippen LogP contribution in [0.15, 0.2) is 0 Å². The Bertz CT molecular complexity index is 397. The Balaban J connectivity index is 0. The normalized spacial score (nSPS) is 10.3. The van der Waals surface area contributed by atoms with Crippen molar-refractivity contribution in [2.24, 2.45) is 5.73 Å². The predicted octanol–water partition coefficient (Wildman–Crippen LogP) is 2.60. The number of aryl methyl sites for hydroxylation is 1. The first-order valence-corrected chi connectivity index (χ1v) is 5.20. The van der Waals surface area contributed by atoms with Gasteiger partial charge in [-0.25, -0.2) is 4.98 Å². The SMILES string of the molecule is Cc1nc(NC(=O)CCN)sc1C(F)(F)F.Cl.Cl. The first-order chi connectivity index (χ1) is 7.34. The topological polar surface area (TPSA) is 68.0 Å². The van der Waals surface area contributed by atoms with Gasteiger partial charge in [-0.05, 0) is 6.92 Å². The molecule has 0 atom stereocenters. The maximum absolute atomic E-state index is 12.4. The number of nitrogens with one attached hydrogen (secondary N) is 1. The van der Waals surface area contributed by atoms with Gasteiger partial charge in [-0.15, -0.1) is 24.8 Å². The number of carbonyl (C=O) groups excluding carboxylic acids is 1. The average Bonchev–Trinajstić information content (AvgIpc) is 2.46. The van der Waals surface area contributed by atoms with Crippen LogP contribution in [-0.2, 0) is 11.0 Å². The van der Waals surface area contributed by atoms with Crippen molar-refractivity contribution < 1.29 is 18.0 Å². The van der Waals surface area contributed by atoms with Gasteiger partial charge in [0.2, 0.25) is 5.91 Å². The highest BCUT2D eigenvalue weighted by atomic mass is 35.5. The monoisotopic (exact) mass is 325 g/mol. The second kappa shape index (κ2) is 7.78. The summed E-state index contributed by atoms with van der Waals surface area (Å²) in [5.41, 5.74) is 4.99. The molecule has 0 bridgehead atoms. The lowest BCUT2D eigenvalue weighted by Gasteiger charge is -2.02. The molecule has 10 heteroatoms. The van der Waals surface area contributed by atoms with Crippen molar-refractivity contribution in [3.8, 4) is 0 Å². The molecule has 0 saturated carbocycles. The number of thiazole rings is 1. The Morgan fingerprint density at radius 1 is 1.44 bits per heavy atom. The molecule has 0 aliphatic heterocycles. The third kappa shape index (κ3) is 5.38. The van der Waals surface area contributed by atoms with Gasteiger partial charge in [-0.1, -0.05) is 11.3 Å². The molecule has 1 amide bonds. The van der Waals surface area contributed by atoms with Gasteiger partial charge >= 0.3 is 6.18 Å². The molecule has 0 fully saturated rings. The van der Waals surface area contributed by atoms with Crippen LogP contribution in [0.25, 0.3) is 0 Å². The lowest BCUT2D eigenvalue weighted by molar-refractivity contribution is -0.134. The molecule has 0 aliphatic rings. The van der Waals surface area contributed by atoms with Crippen molar-refractivity contribution in [2.75, 3.05) is 11.9 Å². The fourth-order valence-electron chi connectivity index (χ4n) is 1.03. The highest BCUT2D eigenvalue weighted by molar-refractivity contribution is 7.16. The number of hydrogen-bond donors (Lipinski definition) is 2. The van der Waals surface area contributed by atoms with Gasteiger partial charge in [-0.2, -0.15) is 13.2 Å². The molecule has 0 unspecified atom stereocenters. The number of halogens is 5. The Morgan fingerprint density at radius 3 is 2.39 bits per heavy atom. The molecule has 106 valence electrons. The largest absolute Gasteiger partial charge is 0.427 e. The second-order valence-corrected chi connectivity index (χ2v) is 4.02. The number of rotatable bonds is 3. The van der Waals surface area contributed by atoms with Crippen molar-refractivity contribution in [1.82, 2.24) is 4.98 Å². The Kier molecular flexibility index (Phi) is 8.54. The lowest BCUT2D eigenvalue weighted by Crippen LogP contribution is -2.15. The molecular weight excluding hydrogens is 314 g/mol. The number of nitrogens with zero attached hydrogens (tertiary/aromatic N) is 1. The minimum absolute atomic E-state index is 0. The number of nitrogens with two attached hydrogens (primary N) is 1. The molecule has 0 spiro atoms. The van der Waals surface area contributed by atoms with E-state index in [9.17, 15) is 18.0 Å². The minimum Gasteiger partial charge on any atom is -0.330 e. The summed E-state index contributed by atoms with van der Waals surface area (Å²) in [6.07, 6.45) is -4.38. The minimum atomic E-state index is -4.43. The van der Waals surface area contributed by atoms with Crippen LogP contribution >= 0.6 is 36.2 Å². The fraction of sp³-hybridized carbons (Fsp3) is 0.500. The lowest BCUT2D eigenvalue weighted by atomic mass is 10.4. The first-order valence-electron chi connectivity index (χ1n) is 4.39. The van der Waals surface area contributed by atoms with E-state index < -0.39 is 17.0 Å². The number of aromatic nitrogens is 1. The Morgan fingerprint density at radius 2 is 2.00 bits per heavy atom. The molecule has 0 aliphatic carbocycles. The van der Waals surface area contributed by atoms with Crippen molar-refractivity contribution >= 4 is 47.2 Å². The summed E-state index contributed by atoms with van der Waals surface area (Å²) in [5.74, 6) is -0.440. The van der Waals surface area contributed by atoms with E-state index in [4.69, 9.17) is 5.73 Å². The molecule has 1 aromatic heterocycles. The number of anilines is 1. The van der Waals surface area contributed by atoms with Crippen LogP contribution in [0.3, 0.4) is 0 Å². The van der Waals surface area contributed by atoms with Crippen LogP contribution in [-0.4, -0.2) is 17.4 Å². The van der Waals surface area contributed by atoms with E-state index in [1.165, 1.54) is 6.92 Å². The van der Waals surface area contributed by atoms with Crippen LogP contribution in [0.1, 0.15) is 17.0 Å². The average molecular weight is 326 g/mol. The molecule has 0 aromatic carbocycles. The fourth-order valence-corrected chi connectivity index (χ4v) is 1.88. The van der Waals surface area contributed by atoms with Gasteiger partial charge < -0.3 is 11.1 Å². The molecule has 1 aromatic rings. The zero-order valence-corrected chi connectivity index (χ0v) is 11.7. The summed E-state index contributed by atoms with van der Waals surface area (Å²) in [6, 6.07) is 0. The highest BCUT2D eigenvalue weighted by Crippen LogP contribution is 2.37. The molecule has 0 radical (unpaired) electrons. The third-order valence-electron chi connectivity index (χ3n) is 1.67. The summed E-state index contributed by atoms with van der Waals surface area (Å²) in [7, 11) is 0. The molecule has 3 N–H and O–H groups in total. The summed E-state index contributed by atoms with van der Waals surface area (Å²) in [5, 5.41) is 2.21. The van der Waals surface area contributed by atoms with E-state index in [1.807, 2.05) is 0 Å². The third-order valence-corrected chi connectivity index (χ3v) is 2.79. The van der Waals surface area contributed by atoms with Gasteiger partial charge in [0.05, 0.1) is 5.69 Å². The van der Waals surface area contributed by atoms with Gasteiger partial charge in [0.25, 0.3) is 0 Å². The molecule has 18 heavy (non-hydrogen) atoms. The van der Waals surface area contributed by atoms with E-state index in [1.54, 1.807) is 0 Å². The highest BCUT2D eigenvalue weighted by Gasteiger charge is 2.35. The number of alkyl halides is 3. The van der Waals surface area contributed by atoms with Crippen LogP contribution in [0.4, 0.5) is 18.3 Å². The number of carbonyl (C=O) groups is 1. The quantitative estimate of drug-likeness (QED) is 0.897. The maximum atomic E-state index is 12.4. The summed E-state index contributed by atoms with van der Waals surface area (Å²) < 4.78 is 37.2. The van der Waals surface area contributed by atoms with Crippen molar-refractivity contribution in [2.45, 2.75) is 19.5 Å². The van der Waals surface area contributed by atoms with Gasteiger partial charge in [-0.3, -0.25) is 4.79 Å². The van der Waals surface area contributed by atoms with Crippen LogP contribution < -0.4 is 11.1 Å². The standard InChI is InChI=1S/C8H10F3N3OS.2ClH/c1-4-6(8(9,10)11)16-7(13-4)14-5(15)2-3-12;;/h2-3,12H2,1H3,(H,13,14,15);2*1H. The zero-order valence-electron chi connectivity index (χ0n) is 9.21. The van der Waals surface area contributed by atoms with E-state index in [0.29, 0.717) is 11.3 Å². The van der Waals surface area contributed by atoms with Gasteiger partial charge in [0.1, 0.15) is 4.88 Å². The Labute approximate surface area is 118 Å². The molecule has 0 saturated heterocycles. The summed E-state index contributed by atoms with van der Waals surface area (Å²) in [4.78, 5) is 13.9. The van der Waals surface area contributed by atoms with Gasteiger partial charge in [0.15, 0.2) is 5.13 Å². The zero-order chi connectivity index (χ0) is 12.3. The van der Waals surface area contributed by atoms with Crippen LogP contribution in [0, 0.1) is 6.92 Å². The van der Waals surface area contributed by atoms with Crippen molar-refractivity contribution in [3.63, 3.8) is 0 Å². The van der Waals surface area contributed by atoms with E-state index >= 15 is 0 Å². The predicted molar refractivity (Wildman–Crippen MR) is 68.7 cm³/mol.